The van der Waals surface area contributed by atoms with Crippen molar-refractivity contribution in [2.45, 2.75) is 13.0 Å². The minimum absolute atomic E-state index is 0.0776. The van der Waals surface area contributed by atoms with Crippen molar-refractivity contribution in [1.82, 2.24) is 14.5 Å². The maximum absolute atomic E-state index is 11.8. The molecule has 0 bridgehead atoms. The summed E-state index contributed by atoms with van der Waals surface area (Å²) in [5.41, 5.74) is 5.68. The molecule has 94 valence electrons. The van der Waals surface area contributed by atoms with Gasteiger partial charge < -0.3 is 20.3 Å². The van der Waals surface area contributed by atoms with Crippen molar-refractivity contribution >= 4 is 11.9 Å². The van der Waals surface area contributed by atoms with Gasteiger partial charge in [-0.15, -0.1) is 0 Å². The van der Waals surface area contributed by atoms with E-state index in [0.29, 0.717) is 18.8 Å². The molecule has 0 aliphatic heterocycles. The van der Waals surface area contributed by atoms with Crippen LogP contribution in [-0.2, 0) is 11.3 Å². The van der Waals surface area contributed by atoms with Crippen molar-refractivity contribution in [3.63, 3.8) is 0 Å². The Morgan fingerprint density at radius 2 is 2.29 bits per heavy atom. The Morgan fingerprint density at radius 1 is 1.59 bits per heavy atom. The molecule has 7 nitrogen and oxygen atoms in total. The van der Waals surface area contributed by atoms with Crippen molar-refractivity contribution in [3.8, 4) is 0 Å². The van der Waals surface area contributed by atoms with Gasteiger partial charge in [-0.1, -0.05) is 0 Å². The monoisotopic (exact) mass is 240 g/mol. The Bertz CT molecular complexity index is 402. The molecule has 0 spiro atoms. The average Bonchev–Trinajstić information content (AvgIpc) is 2.74. The fourth-order valence-electron chi connectivity index (χ4n) is 1.30. The van der Waals surface area contributed by atoms with Crippen molar-refractivity contribution < 1.29 is 14.7 Å². The molecule has 0 unspecified atom stereocenters. The molecule has 0 saturated heterocycles. The number of imidazole rings is 1. The average molecular weight is 240 g/mol. The molecule has 1 aromatic rings. The Hall–Kier alpha value is -1.89. The molecule has 0 saturated carbocycles. The van der Waals surface area contributed by atoms with E-state index in [0.717, 1.165) is 0 Å². The van der Waals surface area contributed by atoms with E-state index in [1.54, 1.807) is 17.8 Å². The highest BCUT2D eigenvalue weighted by Gasteiger charge is 2.15. The van der Waals surface area contributed by atoms with E-state index in [-0.39, 0.29) is 18.9 Å². The van der Waals surface area contributed by atoms with Crippen LogP contribution in [0.1, 0.15) is 16.9 Å². The Morgan fingerprint density at radius 3 is 2.88 bits per heavy atom. The number of amides is 1. The molecule has 0 aliphatic carbocycles. The van der Waals surface area contributed by atoms with Crippen LogP contribution in [0.5, 0.6) is 0 Å². The molecule has 0 aliphatic rings. The minimum atomic E-state index is -0.932. The first-order valence-electron chi connectivity index (χ1n) is 5.23. The summed E-state index contributed by atoms with van der Waals surface area (Å²) in [6.45, 7) is 1.23. The fraction of sp³-hybridized carbons (Fsp3) is 0.500. The minimum Gasteiger partial charge on any atom is -0.481 e. The van der Waals surface area contributed by atoms with Crippen molar-refractivity contribution in [2.75, 3.05) is 20.1 Å². The summed E-state index contributed by atoms with van der Waals surface area (Å²) < 4.78 is 1.72. The third-order valence-electron chi connectivity index (χ3n) is 2.25. The van der Waals surface area contributed by atoms with Crippen molar-refractivity contribution in [3.05, 3.63) is 18.2 Å². The van der Waals surface area contributed by atoms with Gasteiger partial charge in [0.15, 0.2) is 0 Å². The van der Waals surface area contributed by atoms with Crippen LogP contribution < -0.4 is 5.73 Å². The molecule has 0 fully saturated rings. The van der Waals surface area contributed by atoms with Crippen LogP contribution in [0.3, 0.4) is 0 Å². The molecular formula is C10H16N4O3. The number of carboxylic acids is 1. The summed E-state index contributed by atoms with van der Waals surface area (Å²) in [4.78, 5) is 27.5. The summed E-state index contributed by atoms with van der Waals surface area (Å²) in [7, 11) is 1.55. The van der Waals surface area contributed by atoms with Gasteiger partial charge in [0.05, 0.1) is 12.7 Å². The maximum atomic E-state index is 11.8. The van der Waals surface area contributed by atoms with Gasteiger partial charge in [0, 0.05) is 32.9 Å². The largest absolute Gasteiger partial charge is 0.481 e. The van der Waals surface area contributed by atoms with Gasteiger partial charge in [-0.25, -0.2) is 4.98 Å². The number of carbonyl (C=O) groups excluding carboxylic acids is 1. The van der Waals surface area contributed by atoms with Crippen LogP contribution in [0.15, 0.2) is 12.5 Å². The normalized spacial score (nSPS) is 10.2. The molecule has 1 heterocycles. The SMILES string of the molecule is CN(CCC(=O)O)C(=O)c1cn(CCN)cn1. The molecule has 1 aromatic heterocycles. The van der Waals surface area contributed by atoms with E-state index < -0.39 is 5.97 Å². The molecule has 17 heavy (non-hydrogen) atoms. The first-order valence-corrected chi connectivity index (χ1v) is 5.23. The number of aliphatic carboxylic acids is 1. The van der Waals surface area contributed by atoms with E-state index in [1.807, 2.05) is 0 Å². The second kappa shape index (κ2) is 6.00. The summed E-state index contributed by atoms with van der Waals surface area (Å²) in [5.74, 6) is -1.22. The predicted molar refractivity (Wildman–Crippen MR) is 60.5 cm³/mol. The van der Waals surface area contributed by atoms with Gasteiger partial charge in [0.2, 0.25) is 0 Å². The lowest BCUT2D eigenvalue weighted by Gasteiger charge is -2.14. The van der Waals surface area contributed by atoms with Crippen LogP contribution in [0, 0.1) is 0 Å². The second-order valence-corrected chi connectivity index (χ2v) is 3.66. The molecule has 1 rings (SSSR count). The third kappa shape index (κ3) is 3.87. The van der Waals surface area contributed by atoms with E-state index in [9.17, 15) is 9.59 Å². The Kier molecular flexibility index (Phi) is 4.65. The first kappa shape index (κ1) is 13.2. The van der Waals surface area contributed by atoms with Crippen LogP contribution in [-0.4, -0.2) is 51.6 Å². The number of rotatable bonds is 6. The van der Waals surface area contributed by atoms with Crippen LogP contribution in [0.25, 0.3) is 0 Å². The van der Waals surface area contributed by atoms with Crippen LogP contribution in [0.2, 0.25) is 0 Å². The molecule has 0 radical (unpaired) electrons. The van der Waals surface area contributed by atoms with Crippen molar-refractivity contribution in [1.29, 1.82) is 0 Å². The van der Waals surface area contributed by atoms with Gasteiger partial charge in [0.25, 0.3) is 5.91 Å². The fourth-order valence-corrected chi connectivity index (χ4v) is 1.30. The molecule has 0 aromatic carbocycles. The Labute approximate surface area is 98.8 Å². The molecule has 3 N–H and O–H groups in total. The number of nitrogens with zero attached hydrogens (tertiary/aromatic N) is 3. The molecule has 7 heteroatoms. The van der Waals surface area contributed by atoms with Crippen LogP contribution in [0.4, 0.5) is 0 Å². The number of carbonyl (C=O) groups is 2. The zero-order valence-corrected chi connectivity index (χ0v) is 9.67. The summed E-state index contributed by atoms with van der Waals surface area (Å²) in [6.07, 6.45) is 3.06. The quantitative estimate of drug-likeness (QED) is 0.690. The number of carboxylic acid groups (broad SMARTS) is 1. The van der Waals surface area contributed by atoms with Gasteiger partial charge in [-0.2, -0.15) is 0 Å². The predicted octanol–water partition coefficient (Wildman–Crippen LogP) is -0.611. The highest BCUT2D eigenvalue weighted by Crippen LogP contribution is 2.01. The molecular weight excluding hydrogens is 224 g/mol. The number of hydrogen-bond donors (Lipinski definition) is 2. The van der Waals surface area contributed by atoms with Crippen LogP contribution >= 0.6 is 0 Å². The lowest BCUT2D eigenvalue weighted by atomic mass is 10.3. The number of nitrogens with two attached hydrogens (primary N) is 1. The summed E-state index contributed by atoms with van der Waals surface area (Å²) in [6, 6.07) is 0. The number of hydrogen-bond acceptors (Lipinski definition) is 4. The standard InChI is InChI=1S/C10H16N4O3/c1-13(4-2-9(15)16)10(17)8-6-14(5-3-11)7-12-8/h6-7H,2-5,11H2,1H3,(H,15,16). The molecule has 0 atom stereocenters. The van der Waals surface area contributed by atoms with E-state index >= 15 is 0 Å². The van der Waals surface area contributed by atoms with Crippen molar-refractivity contribution in [2.24, 2.45) is 5.73 Å². The first-order chi connectivity index (χ1) is 8.04. The second-order valence-electron chi connectivity index (χ2n) is 3.66. The summed E-state index contributed by atoms with van der Waals surface area (Å²) in [5, 5.41) is 8.52. The lowest BCUT2D eigenvalue weighted by Crippen LogP contribution is -2.29. The zero-order chi connectivity index (χ0) is 12.8. The maximum Gasteiger partial charge on any atom is 0.305 e. The summed E-state index contributed by atoms with van der Waals surface area (Å²) >= 11 is 0. The Balaban J connectivity index is 2.58. The lowest BCUT2D eigenvalue weighted by molar-refractivity contribution is -0.137. The van der Waals surface area contributed by atoms with E-state index in [2.05, 4.69) is 4.98 Å². The zero-order valence-electron chi connectivity index (χ0n) is 9.67. The van der Waals surface area contributed by atoms with Gasteiger partial charge in [-0.3, -0.25) is 9.59 Å². The number of aromatic nitrogens is 2. The van der Waals surface area contributed by atoms with Gasteiger partial charge in [-0.05, 0) is 0 Å². The van der Waals surface area contributed by atoms with E-state index in [1.165, 1.54) is 11.2 Å². The van der Waals surface area contributed by atoms with Gasteiger partial charge in [0.1, 0.15) is 5.69 Å². The third-order valence-corrected chi connectivity index (χ3v) is 2.25. The van der Waals surface area contributed by atoms with Gasteiger partial charge >= 0.3 is 5.97 Å². The van der Waals surface area contributed by atoms with E-state index in [4.69, 9.17) is 10.8 Å². The highest BCUT2D eigenvalue weighted by molar-refractivity contribution is 5.92. The molecule has 1 amide bonds. The highest BCUT2D eigenvalue weighted by atomic mass is 16.4. The smallest absolute Gasteiger partial charge is 0.305 e. The topological polar surface area (TPSA) is 101 Å².